The lowest BCUT2D eigenvalue weighted by Crippen LogP contribution is -2.47. The molecule has 2 saturated carbocycles. The van der Waals surface area contributed by atoms with Crippen LogP contribution in [0.1, 0.15) is 57.8 Å². The fourth-order valence-corrected chi connectivity index (χ4v) is 2.60. The average Bonchev–Trinajstić information content (AvgIpc) is 2.49. The van der Waals surface area contributed by atoms with Crippen molar-refractivity contribution in [2.24, 2.45) is 5.41 Å². The van der Waals surface area contributed by atoms with Crippen LogP contribution in [0, 0.1) is 16.7 Å². The first-order valence-electron chi connectivity index (χ1n) is 6.49. The van der Waals surface area contributed by atoms with E-state index >= 15 is 0 Å². The first kappa shape index (κ1) is 11.4. The molecule has 0 bridgehead atoms. The van der Waals surface area contributed by atoms with Gasteiger partial charge in [-0.05, 0) is 32.1 Å². The molecule has 16 heavy (non-hydrogen) atoms. The van der Waals surface area contributed by atoms with Gasteiger partial charge in [0.2, 0.25) is 5.91 Å². The molecule has 0 aromatic carbocycles. The Morgan fingerprint density at radius 3 is 2.19 bits per heavy atom. The summed E-state index contributed by atoms with van der Waals surface area (Å²) >= 11 is 0. The van der Waals surface area contributed by atoms with Gasteiger partial charge in [-0.1, -0.05) is 25.7 Å². The van der Waals surface area contributed by atoms with Crippen molar-refractivity contribution in [1.29, 1.82) is 5.26 Å². The van der Waals surface area contributed by atoms with Crippen LogP contribution < -0.4 is 5.32 Å². The van der Waals surface area contributed by atoms with Crippen LogP contribution in [0.3, 0.4) is 0 Å². The molecule has 0 heterocycles. The number of carbonyl (C=O) groups is 1. The Morgan fingerprint density at radius 2 is 1.75 bits per heavy atom. The van der Waals surface area contributed by atoms with Gasteiger partial charge in [0.1, 0.15) is 5.41 Å². The first-order chi connectivity index (χ1) is 7.77. The lowest BCUT2D eigenvalue weighted by Gasteiger charge is -2.31. The van der Waals surface area contributed by atoms with Crippen molar-refractivity contribution in [1.82, 2.24) is 5.32 Å². The predicted octanol–water partition coefficient (Wildman–Crippen LogP) is 2.52. The normalized spacial score (nSPS) is 24.9. The van der Waals surface area contributed by atoms with Crippen molar-refractivity contribution in [2.75, 3.05) is 0 Å². The molecule has 0 aromatic heterocycles. The van der Waals surface area contributed by atoms with Gasteiger partial charge in [-0.15, -0.1) is 0 Å². The molecule has 0 spiro atoms. The molecule has 0 unspecified atom stereocenters. The highest BCUT2D eigenvalue weighted by molar-refractivity contribution is 5.85. The Morgan fingerprint density at radius 1 is 1.12 bits per heavy atom. The molecular formula is C13H20N2O. The minimum Gasteiger partial charge on any atom is -0.352 e. The van der Waals surface area contributed by atoms with Crippen LogP contribution in [0.15, 0.2) is 0 Å². The number of nitrogens with one attached hydrogen (secondary N) is 1. The number of rotatable bonds is 2. The lowest BCUT2D eigenvalue weighted by atomic mass is 9.80. The van der Waals surface area contributed by atoms with Crippen molar-refractivity contribution >= 4 is 5.91 Å². The summed E-state index contributed by atoms with van der Waals surface area (Å²) in [5.41, 5.74) is -0.716. The highest BCUT2D eigenvalue weighted by Gasteiger charge is 2.40. The third-order valence-electron chi connectivity index (χ3n) is 4.05. The second-order valence-electron chi connectivity index (χ2n) is 5.21. The topological polar surface area (TPSA) is 52.9 Å². The number of amides is 1. The third kappa shape index (κ3) is 2.21. The van der Waals surface area contributed by atoms with E-state index < -0.39 is 5.41 Å². The number of nitriles is 1. The van der Waals surface area contributed by atoms with Gasteiger partial charge in [0.15, 0.2) is 0 Å². The molecule has 1 N–H and O–H groups in total. The van der Waals surface area contributed by atoms with E-state index in [1.165, 1.54) is 19.3 Å². The molecule has 2 aliphatic rings. The van der Waals surface area contributed by atoms with Crippen LogP contribution in [-0.2, 0) is 4.79 Å². The fraction of sp³-hybridized carbons (Fsp3) is 0.846. The maximum atomic E-state index is 12.2. The van der Waals surface area contributed by atoms with Crippen LogP contribution in [0.4, 0.5) is 0 Å². The van der Waals surface area contributed by atoms with Gasteiger partial charge >= 0.3 is 0 Å². The van der Waals surface area contributed by atoms with Crippen LogP contribution in [-0.4, -0.2) is 11.9 Å². The van der Waals surface area contributed by atoms with Crippen molar-refractivity contribution in [3.8, 4) is 6.07 Å². The third-order valence-corrected chi connectivity index (χ3v) is 4.05. The molecule has 0 aliphatic heterocycles. The van der Waals surface area contributed by atoms with Gasteiger partial charge in [0, 0.05) is 6.04 Å². The zero-order valence-electron chi connectivity index (χ0n) is 9.80. The van der Waals surface area contributed by atoms with Crippen LogP contribution >= 0.6 is 0 Å². The Labute approximate surface area is 97.2 Å². The van der Waals surface area contributed by atoms with E-state index in [9.17, 15) is 10.1 Å². The summed E-state index contributed by atoms with van der Waals surface area (Å²) in [5.74, 6) is 0.00148. The van der Waals surface area contributed by atoms with E-state index in [1.807, 2.05) is 0 Å². The predicted molar refractivity (Wildman–Crippen MR) is 61.5 cm³/mol. The number of hydrogen-bond donors (Lipinski definition) is 1. The number of carbonyl (C=O) groups excluding carboxylic acids is 1. The average molecular weight is 220 g/mol. The SMILES string of the molecule is N#CC1(C(=O)NC2CCC2)CCCCCC1. The van der Waals surface area contributed by atoms with Gasteiger partial charge in [-0.2, -0.15) is 5.26 Å². The molecule has 2 fully saturated rings. The second kappa shape index (κ2) is 4.86. The minimum atomic E-state index is -0.716. The minimum absolute atomic E-state index is 0.00148. The molecule has 88 valence electrons. The molecule has 0 saturated heterocycles. The van der Waals surface area contributed by atoms with Gasteiger partial charge in [-0.25, -0.2) is 0 Å². The monoisotopic (exact) mass is 220 g/mol. The molecule has 2 aliphatic carbocycles. The molecule has 3 nitrogen and oxygen atoms in total. The summed E-state index contributed by atoms with van der Waals surface area (Å²) in [6.45, 7) is 0. The van der Waals surface area contributed by atoms with Crippen molar-refractivity contribution in [3.63, 3.8) is 0 Å². The largest absolute Gasteiger partial charge is 0.352 e. The molecule has 1 amide bonds. The maximum Gasteiger partial charge on any atom is 0.240 e. The first-order valence-corrected chi connectivity index (χ1v) is 6.49. The molecule has 3 heteroatoms. The zero-order chi connectivity index (χ0) is 11.4. The summed E-state index contributed by atoms with van der Waals surface area (Å²) in [4.78, 5) is 12.2. The van der Waals surface area contributed by atoms with Crippen LogP contribution in [0.5, 0.6) is 0 Å². The van der Waals surface area contributed by atoms with E-state index in [2.05, 4.69) is 11.4 Å². The summed E-state index contributed by atoms with van der Waals surface area (Å²) in [6.07, 6.45) is 9.27. The molecule has 0 radical (unpaired) electrons. The second-order valence-corrected chi connectivity index (χ2v) is 5.21. The quantitative estimate of drug-likeness (QED) is 0.727. The summed E-state index contributed by atoms with van der Waals surface area (Å²) in [5, 5.41) is 12.4. The number of nitrogens with zero attached hydrogens (tertiary/aromatic N) is 1. The molecular weight excluding hydrogens is 200 g/mol. The van der Waals surface area contributed by atoms with Crippen LogP contribution in [0.25, 0.3) is 0 Å². The molecule has 0 atom stereocenters. The Balaban J connectivity index is 2.00. The van der Waals surface area contributed by atoms with Crippen LogP contribution in [0.2, 0.25) is 0 Å². The maximum absolute atomic E-state index is 12.2. The smallest absolute Gasteiger partial charge is 0.240 e. The molecule has 2 rings (SSSR count). The highest BCUT2D eigenvalue weighted by Crippen LogP contribution is 2.35. The van der Waals surface area contributed by atoms with Gasteiger partial charge < -0.3 is 5.32 Å². The summed E-state index contributed by atoms with van der Waals surface area (Å²) < 4.78 is 0. The lowest BCUT2D eigenvalue weighted by molar-refractivity contribution is -0.130. The van der Waals surface area contributed by atoms with Gasteiger partial charge in [0.05, 0.1) is 6.07 Å². The Bertz CT molecular complexity index is 294. The summed E-state index contributed by atoms with van der Waals surface area (Å²) in [7, 11) is 0. The highest BCUT2D eigenvalue weighted by atomic mass is 16.2. The number of hydrogen-bond acceptors (Lipinski definition) is 2. The van der Waals surface area contributed by atoms with E-state index in [0.717, 1.165) is 38.5 Å². The molecule has 0 aromatic rings. The zero-order valence-corrected chi connectivity index (χ0v) is 9.80. The van der Waals surface area contributed by atoms with E-state index in [1.54, 1.807) is 0 Å². The Kier molecular flexibility index (Phi) is 3.48. The van der Waals surface area contributed by atoms with Gasteiger partial charge in [-0.3, -0.25) is 4.79 Å². The summed E-state index contributed by atoms with van der Waals surface area (Å²) in [6, 6.07) is 2.65. The van der Waals surface area contributed by atoms with Crippen molar-refractivity contribution < 1.29 is 4.79 Å². The van der Waals surface area contributed by atoms with Crippen molar-refractivity contribution in [3.05, 3.63) is 0 Å². The fourth-order valence-electron chi connectivity index (χ4n) is 2.60. The van der Waals surface area contributed by atoms with E-state index in [0.29, 0.717) is 6.04 Å². The van der Waals surface area contributed by atoms with Gasteiger partial charge in [0.25, 0.3) is 0 Å². The van der Waals surface area contributed by atoms with E-state index in [4.69, 9.17) is 0 Å². The van der Waals surface area contributed by atoms with E-state index in [-0.39, 0.29) is 5.91 Å². The standard InChI is InChI=1S/C13H20N2O/c14-10-13(8-3-1-2-4-9-13)12(16)15-11-6-5-7-11/h11H,1-9H2,(H,15,16). The Hall–Kier alpha value is -1.04. The van der Waals surface area contributed by atoms with Crippen molar-refractivity contribution in [2.45, 2.75) is 63.8 Å².